The van der Waals surface area contributed by atoms with Crippen molar-refractivity contribution in [2.45, 2.75) is 17.6 Å². The molecule has 0 fully saturated rings. The van der Waals surface area contributed by atoms with Gasteiger partial charge in [0, 0.05) is 16.6 Å². The zero-order valence-electron chi connectivity index (χ0n) is 8.43. The Bertz CT molecular complexity index is 440. The van der Waals surface area contributed by atoms with Crippen molar-refractivity contribution < 1.29 is 4.52 Å². The highest BCUT2D eigenvalue weighted by Crippen LogP contribution is 2.28. The number of hydrogen-bond donors (Lipinski definition) is 1. The van der Waals surface area contributed by atoms with Crippen LogP contribution >= 0.6 is 11.8 Å². The summed E-state index contributed by atoms with van der Waals surface area (Å²) in [6.45, 7) is 2.03. The molecule has 78 valence electrons. The van der Waals surface area contributed by atoms with Crippen LogP contribution in [0.3, 0.4) is 0 Å². The topological polar surface area (TPSA) is 52.0 Å². The molecule has 1 heterocycles. The molecule has 1 aromatic carbocycles. The standard InChI is InChI=1S/C11H12N2OS/c1-8-2-3-11(10(12)6-8)15-7-9-4-5-13-14-9/h2-6H,7,12H2,1H3. The van der Waals surface area contributed by atoms with Crippen LogP contribution in [-0.2, 0) is 5.75 Å². The highest BCUT2D eigenvalue weighted by atomic mass is 32.2. The number of hydrogen-bond acceptors (Lipinski definition) is 4. The second-order valence-corrected chi connectivity index (χ2v) is 4.33. The molecule has 0 saturated carbocycles. The van der Waals surface area contributed by atoms with Crippen LogP contribution in [0.5, 0.6) is 0 Å². The van der Waals surface area contributed by atoms with Gasteiger partial charge in [-0.2, -0.15) is 0 Å². The Kier molecular flexibility index (Phi) is 2.97. The van der Waals surface area contributed by atoms with Crippen LogP contribution in [0.2, 0.25) is 0 Å². The van der Waals surface area contributed by atoms with Crippen molar-refractivity contribution in [3.05, 3.63) is 41.8 Å². The van der Waals surface area contributed by atoms with E-state index < -0.39 is 0 Å². The fraction of sp³-hybridized carbons (Fsp3) is 0.182. The van der Waals surface area contributed by atoms with Crippen molar-refractivity contribution in [2.24, 2.45) is 0 Å². The van der Waals surface area contributed by atoms with Crippen LogP contribution in [0, 0.1) is 6.92 Å². The number of anilines is 1. The molecule has 0 saturated heterocycles. The van der Waals surface area contributed by atoms with E-state index in [0.717, 1.165) is 22.1 Å². The summed E-state index contributed by atoms with van der Waals surface area (Å²) in [5, 5.41) is 3.65. The van der Waals surface area contributed by atoms with Crippen molar-refractivity contribution in [1.82, 2.24) is 5.16 Å². The smallest absolute Gasteiger partial charge is 0.146 e. The molecule has 0 radical (unpaired) electrons. The Labute approximate surface area is 92.6 Å². The number of aromatic nitrogens is 1. The lowest BCUT2D eigenvalue weighted by Crippen LogP contribution is -1.89. The summed E-state index contributed by atoms with van der Waals surface area (Å²) in [6, 6.07) is 7.92. The van der Waals surface area contributed by atoms with E-state index in [1.807, 2.05) is 25.1 Å². The van der Waals surface area contributed by atoms with E-state index >= 15 is 0 Å². The van der Waals surface area contributed by atoms with E-state index in [0.29, 0.717) is 0 Å². The molecule has 0 spiro atoms. The van der Waals surface area contributed by atoms with Gasteiger partial charge in [0.25, 0.3) is 0 Å². The Morgan fingerprint density at radius 3 is 2.93 bits per heavy atom. The van der Waals surface area contributed by atoms with Gasteiger partial charge < -0.3 is 10.3 Å². The fourth-order valence-corrected chi connectivity index (χ4v) is 2.10. The predicted molar refractivity (Wildman–Crippen MR) is 61.7 cm³/mol. The number of thioether (sulfide) groups is 1. The number of nitrogens with two attached hydrogens (primary N) is 1. The second kappa shape index (κ2) is 4.40. The van der Waals surface area contributed by atoms with Gasteiger partial charge in [0.05, 0.1) is 11.9 Å². The van der Waals surface area contributed by atoms with Crippen molar-refractivity contribution in [2.75, 3.05) is 5.73 Å². The van der Waals surface area contributed by atoms with E-state index in [1.54, 1.807) is 18.0 Å². The van der Waals surface area contributed by atoms with Gasteiger partial charge >= 0.3 is 0 Å². The van der Waals surface area contributed by atoms with Gasteiger partial charge in [-0.1, -0.05) is 11.2 Å². The Morgan fingerprint density at radius 2 is 2.27 bits per heavy atom. The normalized spacial score (nSPS) is 10.5. The maximum Gasteiger partial charge on any atom is 0.146 e. The van der Waals surface area contributed by atoms with Gasteiger partial charge in [0.2, 0.25) is 0 Å². The molecule has 0 aliphatic rings. The fourth-order valence-electron chi connectivity index (χ4n) is 1.26. The number of rotatable bonds is 3. The third-order valence-corrected chi connectivity index (χ3v) is 3.14. The van der Waals surface area contributed by atoms with Gasteiger partial charge in [-0.15, -0.1) is 11.8 Å². The quantitative estimate of drug-likeness (QED) is 0.638. The third kappa shape index (κ3) is 2.53. The van der Waals surface area contributed by atoms with Crippen LogP contribution < -0.4 is 5.73 Å². The van der Waals surface area contributed by atoms with Crippen LogP contribution in [-0.4, -0.2) is 5.16 Å². The Hall–Kier alpha value is -1.42. The molecule has 2 aromatic rings. The van der Waals surface area contributed by atoms with Crippen molar-refractivity contribution >= 4 is 17.4 Å². The zero-order valence-corrected chi connectivity index (χ0v) is 9.25. The van der Waals surface area contributed by atoms with Gasteiger partial charge in [-0.25, -0.2) is 0 Å². The summed E-state index contributed by atoms with van der Waals surface area (Å²) in [4.78, 5) is 1.08. The highest BCUT2D eigenvalue weighted by Gasteiger charge is 2.02. The summed E-state index contributed by atoms with van der Waals surface area (Å²) >= 11 is 1.65. The molecule has 15 heavy (non-hydrogen) atoms. The van der Waals surface area contributed by atoms with Crippen molar-refractivity contribution in [3.8, 4) is 0 Å². The maximum atomic E-state index is 5.89. The molecule has 0 bridgehead atoms. The van der Waals surface area contributed by atoms with E-state index in [-0.39, 0.29) is 0 Å². The van der Waals surface area contributed by atoms with Crippen molar-refractivity contribution in [1.29, 1.82) is 0 Å². The largest absolute Gasteiger partial charge is 0.398 e. The molecular weight excluding hydrogens is 208 g/mol. The average Bonchev–Trinajstić information content (AvgIpc) is 2.69. The summed E-state index contributed by atoms with van der Waals surface area (Å²) in [5.41, 5.74) is 7.89. The number of nitrogens with zero attached hydrogens (tertiary/aromatic N) is 1. The minimum Gasteiger partial charge on any atom is -0.398 e. The lowest BCUT2D eigenvalue weighted by atomic mass is 10.2. The van der Waals surface area contributed by atoms with Crippen molar-refractivity contribution in [3.63, 3.8) is 0 Å². The molecule has 4 heteroatoms. The average molecular weight is 220 g/mol. The minimum atomic E-state index is 0.757. The first-order valence-electron chi connectivity index (χ1n) is 4.64. The molecule has 0 aliphatic heterocycles. The lowest BCUT2D eigenvalue weighted by Gasteiger charge is -2.04. The Balaban J connectivity index is 2.05. The van der Waals surface area contributed by atoms with Crippen LogP contribution in [0.25, 0.3) is 0 Å². The molecule has 2 N–H and O–H groups in total. The molecular formula is C11H12N2OS. The number of benzene rings is 1. The minimum absolute atomic E-state index is 0.757. The monoisotopic (exact) mass is 220 g/mol. The van der Waals surface area contributed by atoms with E-state index in [4.69, 9.17) is 10.3 Å². The molecule has 0 unspecified atom stereocenters. The summed E-state index contributed by atoms with van der Waals surface area (Å²) in [7, 11) is 0. The highest BCUT2D eigenvalue weighted by molar-refractivity contribution is 7.98. The summed E-state index contributed by atoms with van der Waals surface area (Å²) in [5.74, 6) is 1.62. The van der Waals surface area contributed by atoms with E-state index in [9.17, 15) is 0 Å². The van der Waals surface area contributed by atoms with E-state index in [1.165, 1.54) is 5.56 Å². The van der Waals surface area contributed by atoms with E-state index in [2.05, 4.69) is 11.2 Å². The second-order valence-electron chi connectivity index (χ2n) is 3.31. The molecule has 0 amide bonds. The Morgan fingerprint density at radius 1 is 1.40 bits per heavy atom. The summed E-state index contributed by atoms with van der Waals surface area (Å²) < 4.78 is 5.01. The number of nitrogen functional groups attached to an aromatic ring is 1. The molecule has 1 aromatic heterocycles. The molecule has 2 rings (SSSR count). The van der Waals surface area contributed by atoms with Crippen LogP contribution in [0.15, 0.2) is 39.9 Å². The number of aryl methyl sites for hydroxylation is 1. The first kappa shape index (κ1) is 10.1. The maximum absolute atomic E-state index is 5.89. The van der Waals surface area contributed by atoms with Crippen LogP contribution in [0.1, 0.15) is 11.3 Å². The first-order valence-corrected chi connectivity index (χ1v) is 5.63. The zero-order chi connectivity index (χ0) is 10.7. The van der Waals surface area contributed by atoms with Gasteiger partial charge in [-0.3, -0.25) is 0 Å². The van der Waals surface area contributed by atoms with Gasteiger partial charge in [0.1, 0.15) is 5.76 Å². The van der Waals surface area contributed by atoms with Crippen LogP contribution in [0.4, 0.5) is 5.69 Å². The SMILES string of the molecule is Cc1ccc(SCc2ccno2)c(N)c1. The van der Waals surface area contributed by atoms with Gasteiger partial charge in [-0.05, 0) is 24.6 Å². The first-order chi connectivity index (χ1) is 7.25. The third-order valence-electron chi connectivity index (χ3n) is 2.03. The lowest BCUT2D eigenvalue weighted by molar-refractivity contribution is 0.395. The van der Waals surface area contributed by atoms with Gasteiger partial charge in [0.15, 0.2) is 0 Å². The molecule has 0 atom stereocenters. The molecule has 0 aliphatic carbocycles. The molecule has 3 nitrogen and oxygen atoms in total. The summed E-state index contributed by atoms with van der Waals surface area (Å²) in [6.07, 6.45) is 1.65. The predicted octanol–water partition coefficient (Wildman–Crippen LogP) is 2.86.